The summed E-state index contributed by atoms with van der Waals surface area (Å²) in [6, 6.07) is 5.42. The summed E-state index contributed by atoms with van der Waals surface area (Å²) < 4.78 is 78.2. The van der Waals surface area contributed by atoms with Crippen LogP contribution in [0.3, 0.4) is 0 Å². The minimum Gasteiger partial charge on any atom is -0.493 e. The van der Waals surface area contributed by atoms with E-state index in [1.165, 1.54) is 28.8 Å². The van der Waals surface area contributed by atoms with Crippen molar-refractivity contribution in [2.45, 2.75) is 37.6 Å². The maximum absolute atomic E-state index is 13.2. The van der Waals surface area contributed by atoms with Crippen LogP contribution in [0.15, 0.2) is 29.1 Å². The second-order valence-corrected chi connectivity index (χ2v) is 9.78. The van der Waals surface area contributed by atoms with E-state index in [0.717, 1.165) is 7.11 Å². The molecule has 36 heavy (non-hydrogen) atoms. The zero-order chi connectivity index (χ0) is 26.2. The van der Waals surface area contributed by atoms with E-state index in [9.17, 15) is 36.3 Å². The van der Waals surface area contributed by atoms with Gasteiger partial charge in [-0.1, -0.05) is 6.92 Å². The molecule has 0 saturated carbocycles. The van der Waals surface area contributed by atoms with Crippen LogP contribution in [-0.2, 0) is 38.4 Å². The maximum Gasteiger partial charge on any atom is 0.534 e. The van der Waals surface area contributed by atoms with Gasteiger partial charge in [-0.25, -0.2) is 9.78 Å². The minimum absolute atomic E-state index is 0.0477. The molecule has 0 unspecified atom stereocenters. The van der Waals surface area contributed by atoms with Crippen molar-refractivity contribution in [1.29, 1.82) is 0 Å². The Kier molecular flexibility index (Phi) is 5.13. The van der Waals surface area contributed by atoms with Crippen LogP contribution < -0.4 is 14.5 Å². The Morgan fingerprint density at radius 2 is 1.97 bits per heavy atom. The minimum atomic E-state index is -6.02. The molecule has 2 aromatic heterocycles. The number of nitrogens with zero attached hydrogens (tertiary/aromatic N) is 2. The predicted molar refractivity (Wildman–Crippen MR) is 117 cm³/mol. The number of ether oxygens (including phenoxy) is 2. The van der Waals surface area contributed by atoms with Gasteiger partial charge < -0.3 is 23.3 Å². The number of esters is 1. The van der Waals surface area contributed by atoms with Gasteiger partial charge in [-0.15, -0.1) is 0 Å². The van der Waals surface area contributed by atoms with Crippen LogP contribution in [0.2, 0.25) is 0 Å². The second kappa shape index (κ2) is 7.67. The van der Waals surface area contributed by atoms with Gasteiger partial charge in [0, 0.05) is 16.5 Å². The van der Waals surface area contributed by atoms with E-state index in [1.54, 1.807) is 6.92 Å². The fraction of sp³-hybridized carbons (Fsp3) is 0.318. The molecule has 2 aliphatic rings. The second-order valence-electron chi connectivity index (χ2n) is 8.25. The molecular weight excluding hydrogens is 509 g/mol. The largest absolute Gasteiger partial charge is 0.534 e. The van der Waals surface area contributed by atoms with E-state index in [-0.39, 0.29) is 58.7 Å². The van der Waals surface area contributed by atoms with Gasteiger partial charge in [0.15, 0.2) is 17.1 Å². The van der Waals surface area contributed by atoms with Gasteiger partial charge >= 0.3 is 21.6 Å². The van der Waals surface area contributed by atoms with Gasteiger partial charge in [0.1, 0.15) is 6.61 Å². The molecule has 5 rings (SSSR count). The number of benzene rings is 1. The van der Waals surface area contributed by atoms with Gasteiger partial charge in [0.2, 0.25) is 0 Å². The van der Waals surface area contributed by atoms with Crippen LogP contribution in [-0.4, -0.2) is 41.7 Å². The van der Waals surface area contributed by atoms with Crippen LogP contribution in [0, 0.1) is 0 Å². The highest BCUT2D eigenvalue weighted by atomic mass is 32.2. The monoisotopic (exact) mass is 526 g/mol. The number of hydrogen-bond donors (Lipinski definition) is 1. The third-order valence-corrected chi connectivity index (χ3v) is 7.26. The summed E-state index contributed by atoms with van der Waals surface area (Å²) in [6.45, 7) is 1.18. The van der Waals surface area contributed by atoms with Gasteiger partial charge in [0.05, 0.1) is 36.1 Å². The SMILES string of the molecule is CC[C@@]1(O)C(=O)OCc2c1cc1n(c2=O)Cc2cc3c(OS(=O)(=O)C(F)(F)F)c(OC)ccc3nc2-1. The normalized spacial score (nSPS) is 18.9. The standard InChI is InChI=1S/C22H17F3N2O8S/c1-3-21(30)13-7-15-17-10(8-27(15)19(28)12(13)9-34-20(21)29)6-11-14(26-17)4-5-16(33-2)18(11)35-36(31,32)22(23,24)25/h4-7,30H,3,8-9H2,1-2H3/t21-/m0/s1. The molecule has 2 aliphatic heterocycles. The number of carbonyl (C=O) groups excluding carboxylic acids is 1. The van der Waals surface area contributed by atoms with E-state index in [4.69, 9.17) is 9.47 Å². The van der Waals surface area contributed by atoms with Crippen LogP contribution >= 0.6 is 0 Å². The summed E-state index contributed by atoms with van der Waals surface area (Å²) in [5.74, 6) is -1.86. The Hall–Kier alpha value is -3.65. The first kappa shape index (κ1) is 24.1. The molecule has 0 bridgehead atoms. The molecule has 0 saturated heterocycles. The molecule has 190 valence electrons. The Morgan fingerprint density at radius 1 is 1.25 bits per heavy atom. The third kappa shape index (κ3) is 3.27. The molecule has 1 aromatic carbocycles. The lowest BCUT2D eigenvalue weighted by Crippen LogP contribution is -2.44. The highest BCUT2D eigenvalue weighted by molar-refractivity contribution is 7.88. The fourth-order valence-electron chi connectivity index (χ4n) is 4.41. The predicted octanol–water partition coefficient (Wildman–Crippen LogP) is 2.32. The van der Waals surface area contributed by atoms with Crippen molar-refractivity contribution in [1.82, 2.24) is 9.55 Å². The smallest absolute Gasteiger partial charge is 0.493 e. The molecular formula is C22H17F3N2O8S. The van der Waals surface area contributed by atoms with Crippen molar-refractivity contribution in [2.75, 3.05) is 7.11 Å². The first-order chi connectivity index (χ1) is 16.8. The van der Waals surface area contributed by atoms with Crippen molar-refractivity contribution < 1.29 is 45.1 Å². The van der Waals surface area contributed by atoms with E-state index in [2.05, 4.69) is 9.17 Å². The molecule has 10 nitrogen and oxygen atoms in total. The first-order valence-corrected chi connectivity index (χ1v) is 11.9. The molecule has 1 N–H and O–H groups in total. The lowest BCUT2D eigenvalue weighted by molar-refractivity contribution is -0.172. The Bertz CT molecular complexity index is 1630. The van der Waals surface area contributed by atoms with Gasteiger partial charge in [0.25, 0.3) is 5.56 Å². The number of carbonyl (C=O) groups is 1. The summed E-state index contributed by atoms with van der Waals surface area (Å²) in [6.07, 6.45) is -0.0477. The number of aromatic nitrogens is 2. The topological polar surface area (TPSA) is 134 Å². The molecule has 0 amide bonds. The van der Waals surface area contributed by atoms with Gasteiger partial charge in [-0.3, -0.25) is 4.79 Å². The number of pyridine rings is 2. The zero-order valence-corrected chi connectivity index (χ0v) is 19.5. The van der Waals surface area contributed by atoms with Gasteiger partial charge in [-0.2, -0.15) is 21.6 Å². The van der Waals surface area contributed by atoms with E-state index in [1.807, 2.05) is 0 Å². The van der Waals surface area contributed by atoms with Crippen LogP contribution in [0.4, 0.5) is 13.2 Å². The van der Waals surface area contributed by atoms with E-state index < -0.39 is 38.5 Å². The fourth-order valence-corrected chi connectivity index (χ4v) is 4.90. The van der Waals surface area contributed by atoms with Crippen molar-refractivity contribution in [3.05, 3.63) is 51.3 Å². The molecule has 1 atom stereocenters. The number of alkyl halides is 3. The summed E-state index contributed by atoms with van der Waals surface area (Å²) in [7, 11) is -4.89. The molecule has 0 fully saturated rings. The van der Waals surface area contributed by atoms with Crippen molar-refractivity contribution in [3.8, 4) is 22.9 Å². The maximum atomic E-state index is 13.2. The molecule has 3 aromatic rings. The lowest BCUT2D eigenvalue weighted by Gasteiger charge is -2.31. The number of halogens is 3. The average molecular weight is 526 g/mol. The van der Waals surface area contributed by atoms with Crippen LogP contribution in [0.5, 0.6) is 11.5 Å². The number of cyclic esters (lactones) is 1. The van der Waals surface area contributed by atoms with E-state index in [0.29, 0.717) is 5.56 Å². The molecule has 4 heterocycles. The number of hydrogen-bond acceptors (Lipinski definition) is 9. The number of rotatable bonds is 4. The Morgan fingerprint density at radius 3 is 2.61 bits per heavy atom. The van der Waals surface area contributed by atoms with Crippen molar-refractivity contribution in [3.63, 3.8) is 0 Å². The zero-order valence-electron chi connectivity index (χ0n) is 18.7. The lowest BCUT2D eigenvalue weighted by atomic mass is 9.86. The van der Waals surface area contributed by atoms with Crippen molar-refractivity contribution in [2.24, 2.45) is 0 Å². The number of aliphatic hydroxyl groups is 1. The molecule has 0 spiro atoms. The highest BCUT2D eigenvalue weighted by Crippen LogP contribution is 2.43. The Balaban J connectivity index is 1.73. The highest BCUT2D eigenvalue weighted by Gasteiger charge is 2.49. The van der Waals surface area contributed by atoms with E-state index >= 15 is 0 Å². The average Bonchev–Trinajstić information content (AvgIpc) is 3.18. The number of fused-ring (bicyclic) bond motifs is 5. The molecule has 14 heteroatoms. The summed E-state index contributed by atoms with van der Waals surface area (Å²) in [5.41, 5.74) is -7.05. The van der Waals surface area contributed by atoms with Gasteiger partial charge in [-0.05, 0) is 30.7 Å². The third-order valence-electron chi connectivity index (χ3n) is 6.30. The molecule has 0 radical (unpaired) electrons. The summed E-state index contributed by atoms with van der Waals surface area (Å²) in [5, 5.41) is 10.8. The summed E-state index contributed by atoms with van der Waals surface area (Å²) >= 11 is 0. The first-order valence-electron chi connectivity index (χ1n) is 10.5. The van der Waals surface area contributed by atoms with Crippen molar-refractivity contribution >= 4 is 27.0 Å². The number of methoxy groups -OCH3 is 1. The van der Waals surface area contributed by atoms with Crippen LogP contribution in [0.25, 0.3) is 22.3 Å². The quantitative estimate of drug-likeness (QED) is 0.242. The summed E-state index contributed by atoms with van der Waals surface area (Å²) in [4.78, 5) is 29.9. The Labute approximate surface area is 201 Å². The van der Waals surface area contributed by atoms with Crippen LogP contribution in [0.1, 0.15) is 30.0 Å². The molecule has 0 aliphatic carbocycles.